The maximum atomic E-state index is 12.6. The number of methoxy groups -OCH3 is 1. The van der Waals surface area contributed by atoms with Gasteiger partial charge in [0.25, 0.3) is 0 Å². The van der Waals surface area contributed by atoms with E-state index in [2.05, 4.69) is 0 Å². The highest BCUT2D eigenvalue weighted by Crippen LogP contribution is 2.34. The lowest BCUT2D eigenvalue weighted by Gasteiger charge is -2.26. The first-order chi connectivity index (χ1) is 9.07. The van der Waals surface area contributed by atoms with Crippen molar-refractivity contribution in [2.75, 3.05) is 33.4 Å². The van der Waals surface area contributed by atoms with Gasteiger partial charge >= 0.3 is 5.97 Å². The van der Waals surface area contributed by atoms with Crippen molar-refractivity contribution in [3.05, 3.63) is 0 Å². The predicted molar refractivity (Wildman–Crippen MR) is 69.1 cm³/mol. The zero-order valence-electron chi connectivity index (χ0n) is 11.2. The molecule has 1 heterocycles. The van der Waals surface area contributed by atoms with Crippen molar-refractivity contribution in [1.29, 1.82) is 0 Å². The second kappa shape index (κ2) is 6.19. The molecular formula is C12H21NO5S. The molecule has 7 heteroatoms. The molecule has 0 aromatic rings. The van der Waals surface area contributed by atoms with E-state index in [-0.39, 0.29) is 0 Å². The summed E-state index contributed by atoms with van der Waals surface area (Å²) in [5, 5.41) is -0.627. The maximum absolute atomic E-state index is 12.6. The van der Waals surface area contributed by atoms with Crippen molar-refractivity contribution >= 4 is 16.0 Å². The first-order valence-electron chi connectivity index (χ1n) is 6.72. The Balaban J connectivity index is 2.15. The van der Waals surface area contributed by atoms with Crippen LogP contribution in [0.3, 0.4) is 0 Å². The fourth-order valence-corrected chi connectivity index (χ4v) is 5.10. The molecule has 0 aromatic carbocycles. The molecule has 19 heavy (non-hydrogen) atoms. The van der Waals surface area contributed by atoms with Gasteiger partial charge in [-0.1, -0.05) is 6.42 Å². The van der Waals surface area contributed by atoms with Crippen LogP contribution in [-0.2, 0) is 24.3 Å². The molecule has 1 saturated heterocycles. The van der Waals surface area contributed by atoms with Gasteiger partial charge in [0.05, 0.1) is 24.9 Å². The summed E-state index contributed by atoms with van der Waals surface area (Å²) in [6.45, 7) is 1.88. The molecule has 1 saturated carbocycles. The van der Waals surface area contributed by atoms with Crippen LogP contribution in [0.25, 0.3) is 0 Å². The van der Waals surface area contributed by atoms with Gasteiger partial charge in [0.15, 0.2) is 0 Å². The van der Waals surface area contributed by atoms with Crippen molar-refractivity contribution in [2.45, 2.75) is 30.9 Å². The minimum Gasteiger partial charge on any atom is -0.469 e. The van der Waals surface area contributed by atoms with Crippen molar-refractivity contribution < 1.29 is 22.7 Å². The fourth-order valence-electron chi connectivity index (χ4n) is 2.87. The monoisotopic (exact) mass is 291 g/mol. The number of nitrogens with zero attached hydrogens (tertiary/aromatic N) is 1. The number of ether oxygens (including phenoxy) is 2. The van der Waals surface area contributed by atoms with E-state index in [1.165, 1.54) is 11.4 Å². The Labute approximate surface area is 114 Å². The largest absolute Gasteiger partial charge is 0.469 e. The van der Waals surface area contributed by atoms with E-state index in [1.54, 1.807) is 0 Å². The summed E-state index contributed by atoms with van der Waals surface area (Å²) in [7, 11) is -2.13. The summed E-state index contributed by atoms with van der Waals surface area (Å²) >= 11 is 0. The predicted octanol–water partition coefficient (Wildman–Crippen LogP) is 0.380. The van der Waals surface area contributed by atoms with Crippen LogP contribution in [0.4, 0.5) is 0 Å². The molecule has 1 aliphatic heterocycles. The summed E-state index contributed by atoms with van der Waals surface area (Å²) in [4.78, 5) is 11.7. The number of rotatable bonds is 3. The standard InChI is InChI=1S/C12H21NO5S/c1-17-12(14)10-4-2-5-11(10)19(15,16)13-6-3-8-18-9-7-13/h10-11H,2-9H2,1H3. The molecular weight excluding hydrogens is 270 g/mol. The lowest BCUT2D eigenvalue weighted by atomic mass is 10.1. The highest BCUT2D eigenvalue weighted by molar-refractivity contribution is 7.89. The molecule has 0 N–H and O–H groups in total. The summed E-state index contributed by atoms with van der Waals surface area (Å²) < 4.78 is 36.8. The zero-order valence-corrected chi connectivity index (χ0v) is 12.0. The lowest BCUT2D eigenvalue weighted by Crippen LogP contribution is -2.43. The van der Waals surface area contributed by atoms with Crippen LogP contribution in [-0.4, -0.2) is 57.4 Å². The van der Waals surface area contributed by atoms with Crippen molar-refractivity contribution in [3.8, 4) is 0 Å². The van der Waals surface area contributed by atoms with E-state index < -0.39 is 27.2 Å². The quantitative estimate of drug-likeness (QED) is 0.703. The van der Waals surface area contributed by atoms with Crippen molar-refractivity contribution in [2.24, 2.45) is 5.92 Å². The first-order valence-corrected chi connectivity index (χ1v) is 8.22. The summed E-state index contributed by atoms with van der Waals surface area (Å²) in [5.74, 6) is -0.920. The summed E-state index contributed by atoms with van der Waals surface area (Å²) in [5.41, 5.74) is 0. The molecule has 2 fully saturated rings. The Hall–Kier alpha value is -0.660. The Bertz CT molecular complexity index is 414. The molecule has 0 radical (unpaired) electrons. The number of sulfonamides is 1. The van der Waals surface area contributed by atoms with E-state index >= 15 is 0 Å². The van der Waals surface area contributed by atoms with Crippen molar-refractivity contribution in [3.63, 3.8) is 0 Å². The topological polar surface area (TPSA) is 72.9 Å². The Morgan fingerprint density at radius 3 is 2.74 bits per heavy atom. The highest BCUT2D eigenvalue weighted by atomic mass is 32.2. The average Bonchev–Trinajstić information content (AvgIpc) is 2.73. The van der Waals surface area contributed by atoms with Crippen LogP contribution in [0, 0.1) is 5.92 Å². The molecule has 0 aromatic heterocycles. The number of carbonyl (C=O) groups is 1. The van der Waals surface area contributed by atoms with E-state index in [1.807, 2.05) is 0 Å². The van der Waals surface area contributed by atoms with Crippen molar-refractivity contribution in [1.82, 2.24) is 4.31 Å². The van der Waals surface area contributed by atoms with Crippen LogP contribution < -0.4 is 0 Å². The Kier molecular flexibility index (Phi) is 4.81. The molecule has 0 bridgehead atoms. The molecule has 2 rings (SSSR count). The highest BCUT2D eigenvalue weighted by Gasteiger charge is 2.44. The molecule has 2 unspecified atom stereocenters. The number of esters is 1. The average molecular weight is 291 g/mol. The summed E-state index contributed by atoms with van der Waals surface area (Å²) in [6, 6.07) is 0. The molecule has 0 spiro atoms. The van der Waals surface area contributed by atoms with Crippen LogP contribution in [0.1, 0.15) is 25.7 Å². The minimum atomic E-state index is -3.44. The van der Waals surface area contributed by atoms with Gasteiger partial charge in [-0.25, -0.2) is 8.42 Å². The number of hydrogen-bond acceptors (Lipinski definition) is 5. The molecule has 2 aliphatic rings. The zero-order chi connectivity index (χ0) is 13.9. The number of carbonyl (C=O) groups excluding carboxylic acids is 1. The Morgan fingerprint density at radius 2 is 2.00 bits per heavy atom. The van der Waals surface area contributed by atoms with Crippen LogP contribution in [0.5, 0.6) is 0 Å². The lowest BCUT2D eigenvalue weighted by molar-refractivity contribution is -0.145. The van der Waals surface area contributed by atoms with Gasteiger partial charge in [-0.15, -0.1) is 0 Å². The molecule has 6 nitrogen and oxygen atoms in total. The van der Waals surface area contributed by atoms with Gasteiger partial charge < -0.3 is 9.47 Å². The fraction of sp³-hybridized carbons (Fsp3) is 0.917. The maximum Gasteiger partial charge on any atom is 0.310 e. The number of hydrogen-bond donors (Lipinski definition) is 0. The van der Waals surface area contributed by atoms with Gasteiger partial charge in [-0.05, 0) is 19.3 Å². The molecule has 1 aliphatic carbocycles. The van der Waals surface area contributed by atoms with Gasteiger partial charge in [-0.3, -0.25) is 4.79 Å². The van der Waals surface area contributed by atoms with E-state index in [4.69, 9.17) is 9.47 Å². The van der Waals surface area contributed by atoms with Gasteiger partial charge in [0.1, 0.15) is 0 Å². The van der Waals surface area contributed by atoms with E-state index in [9.17, 15) is 13.2 Å². The third kappa shape index (κ3) is 3.09. The third-order valence-corrected chi connectivity index (χ3v) is 6.29. The second-order valence-corrected chi connectivity index (χ2v) is 7.16. The van der Waals surface area contributed by atoms with Crippen LogP contribution in [0.2, 0.25) is 0 Å². The molecule has 0 amide bonds. The first kappa shape index (κ1) is 14.7. The third-order valence-electron chi connectivity index (χ3n) is 3.88. The van der Waals surface area contributed by atoms with E-state index in [0.29, 0.717) is 45.6 Å². The summed E-state index contributed by atoms with van der Waals surface area (Å²) in [6.07, 6.45) is 2.60. The Morgan fingerprint density at radius 1 is 1.21 bits per heavy atom. The van der Waals surface area contributed by atoms with Crippen LogP contribution in [0.15, 0.2) is 0 Å². The molecule has 110 valence electrons. The van der Waals surface area contributed by atoms with Gasteiger partial charge in [-0.2, -0.15) is 4.31 Å². The molecule has 2 atom stereocenters. The van der Waals surface area contributed by atoms with Gasteiger partial charge in [0.2, 0.25) is 10.0 Å². The SMILES string of the molecule is COC(=O)C1CCCC1S(=O)(=O)N1CCCOCC1. The van der Waals surface area contributed by atoms with Crippen LogP contribution >= 0.6 is 0 Å². The normalized spacial score (nSPS) is 29.9. The minimum absolute atomic E-state index is 0.382. The van der Waals surface area contributed by atoms with Gasteiger partial charge in [0, 0.05) is 19.7 Å². The smallest absolute Gasteiger partial charge is 0.310 e. The second-order valence-electron chi connectivity index (χ2n) is 5.01. The van der Waals surface area contributed by atoms with E-state index in [0.717, 1.165) is 6.42 Å².